The number of carbonyl (C=O) groups is 1. The quantitative estimate of drug-likeness (QED) is 0.735. The summed E-state index contributed by atoms with van der Waals surface area (Å²) >= 11 is 0. The monoisotopic (exact) mass is 238 g/mol. The van der Waals surface area contributed by atoms with Crippen LogP contribution in [0.2, 0.25) is 0 Å². The van der Waals surface area contributed by atoms with Gasteiger partial charge < -0.3 is 5.73 Å². The van der Waals surface area contributed by atoms with Crippen molar-refractivity contribution in [3.8, 4) is 5.82 Å². The highest BCUT2D eigenvalue weighted by Gasteiger charge is 2.07. The maximum absolute atomic E-state index is 11.1. The van der Waals surface area contributed by atoms with Gasteiger partial charge in [0.1, 0.15) is 0 Å². The summed E-state index contributed by atoms with van der Waals surface area (Å²) in [5.74, 6) is 0.293. The third-order valence-corrected chi connectivity index (χ3v) is 2.72. The first-order valence-corrected chi connectivity index (χ1v) is 5.45. The molecule has 0 saturated carbocycles. The van der Waals surface area contributed by atoms with Crippen molar-refractivity contribution >= 4 is 16.8 Å². The van der Waals surface area contributed by atoms with E-state index in [1.807, 2.05) is 24.3 Å². The number of primary amides is 1. The van der Waals surface area contributed by atoms with Crippen molar-refractivity contribution < 1.29 is 4.79 Å². The van der Waals surface area contributed by atoms with E-state index in [1.165, 1.54) is 0 Å². The molecule has 3 rings (SSSR count). The van der Waals surface area contributed by atoms with Crippen molar-refractivity contribution in [3.05, 3.63) is 54.4 Å². The molecule has 0 radical (unpaired) electrons. The highest BCUT2D eigenvalue weighted by Crippen LogP contribution is 2.18. The fourth-order valence-corrected chi connectivity index (χ4v) is 1.85. The van der Waals surface area contributed by atoms with Crippen LogP contribution in [0.1, 0.15) is 10.4 Å². The highest BCUT2D eigenvalue weighted by atomic mass is 16.1. The minimum absolute atomic E-state index is 0.442. The lowest BCUT2D eigenvalue weighted by Crippen LogP contribution is -2.10. The normalized spacial score (nSPS) is 10.7. The molecular formula is C13H10N4O. The van der Waals surface area contributed by atoms with Crippen molar-refractivity contribution in [2.75, 3.05) is 0 Å². The summed E-state index contributed by atoms with van der Waals surface area (Å²) in [7, 11) is 0. The molecule has 3 aromatic rings. The molecule has 2 heterocycles. The molecule has 2 N–H and O–H groups in total. The summed E-state index contributed by atoms with van der Waals surface area (Å²) in [4.78, 5) is 15.3. The molecular weight excluding hydrogens is 228 g/mol. The predicted molar refractivity (Wildman–Crippen MR) is 67.4 cm³/mol. The van der Waals surface area contributed by atoms with Crippen LogP contribution in [0.5, 0.6) is 0 Å². The third-order valence-electron chi connectivity index (χ3n) is 2.72. The van der Waals surface area contributed by atoms with E-state index in [1.54, 1.807) is 29.2 Å². The number of hydrogen-bond acceptors (Lipinski definition) is 3. The molecule has 2 aromatic heterocycles. The van der Waals surface area contributed by atoms with Crippen LogP contribution in [0.25, 0.3) is 16.7 Å². The highest BCUT2D eigenvalue weighted by molar-refractivity contribution is 5.97. The Balaban J connectivity index is 2.19. The average molecular weight is 238 g/mol. The number of rotatable bonds is 2. The van der Waals surface area contributed by atoms with Gasteiger partial charge in [0.15, 0.2) is 5.82 Å². The molecule has 0 atom stereocenters. The van der Waals surface area contributed by atoms with E-state index in [0.29, 0.717) is 5.56 Å². The van der Waals surface area contributed by atoms with E-state index in [0.717, 1.165) is 16.7 Å². The van der Waals surface area contributed by atoms with Crippen LogP contribution in [-0.4, -0.2) is 20.7 Å². The second-order valence-corrected chi connectivity index (χ2v) is 3.88. The first-order chi connectivity index (χ1) is 8.75. The number of fused-ring (bicyclic) bond motifs is 1. The zero-order valence-electron chi connectivity index (χ0n) is 9.45. The van der Waals surface area contributed by atoms with E-state index in [2.05, 4.69) is 10.1 Å². The van der Waals surface area contributed by atoms with Crippen LogP contribution in [0.15, 0.2) is 48.8 Å². The Morgan fingerprint density at radius 1 is 1.22 bits per heavy atom. The maximum atomic E-state index is 11.1. The molecule has 0 aliphatic heterocycles. The number of amides is 1. The molecule has 0 unspecified atom stereocenters. The van der Waals surface area contributed by atoms with Crippen LogP contribution < -0.4 is 5.73 Å². The van der Waals surface area contributed by atoms with Crippen molar-refractivity contribution in [2.24, 2.45) is 5.73 Å². The molecule has 5 nitrogen and oxygen atoms in total. The molecule has 0 aliphatic carbocycles. The standard InChI is InChI=1S/C13H10N4O/c14-13(18)9-4-5-11-10(7-9)8-16-17(11)12-3-1-2-6-15-12/h1-8H,(H2,14,18). The van der Waals surface area contributed by atoms with Crippen molar-refractivity contribution in [1.29, 1.82) is 0 Å². The van der Waals surface area contributed by atoms with Crippen LogP contribution >= 0.6 is 0 Å². The summed E-state index contributed by atoms with van der Waals surface area (Å²) in [5.41, 5.74) is 6.61. The smallest absolute Gasteiger partial charge is 0.248 e. The number of aromatic nitrogens is 3. The van der Waals surface area contributed by atoms with Crippen molar-refractivity contribution in [1.82, 2.24) is 14.8 Å². The van der Waals surface area contributed by atoms with E-state index < -0.39 is 5.91 Å². The molecule has 0 bridgehead atoms. The van der Waals surface area contributed by atoms with Crippen LogP contribution in [0.3, 0.4) is 0 Å². The second-order valence-electron chi connectivity index (χ2n) is 3.88. The molecule has 18 heavy (non-hydrogen) atoms. The van der Waals surface area contributed by atoms with Gasteiger partial charge in [-0.25, -0.2) is 9.67 Å². The van der Waals surface area contributed by atoms with Gasteiger partial charge in [0, 0.05) is 17.1 Å². The van der Waals surface area contributed by atoms with Crippen LogP contribution in [0, 0.1) is 0 Å². The first kappa shape index (κ1) is 10.5. The molecule has 0 saturated heterocycles. The summed E-state index contributed by atoms with van der Waals surface area (Å²) in [5, 5.41) is 5.13. The lowest BCUT2D eigenvalue weighted by atomic mass is 10.1. The Morgan fingerprint density at radius 2 is 2.11 bits per heavy atom. The molecule has 0 spiro atoms. The van der Waals surface area contributed by atoms with Gasteiger partial charge in [-0.3, -0.25) is 4.79 Å². The largest absolute Gasteiger partial charge is 0.366 e. The Labute approximate surface area is 103 Å². The zero-order chi connectivity index (χ0) is 12.5. The molecule has 0 aliphatic rings. The fourth-order valence-electron chi connectivity index (χ4n) is 1.85. The molecule has 5 heteroatoms. The summed E-state index contributed by atoms with van der Waals surface area (Å²) in [6, 6.07) is 10.8. The van der Waals surface area contributed by atoms with E-state index in [4.69, 9.17) is 5.73 Å². The molecule has 1 amide bonds. The predicted octanol–water partition coefficient (Wildman–Crippen LogP) is 1.52. The SMILES string of the molecule is NC(=O)c1ccc2c(cnn2-c2ccccn2)c1. The number of nitrogens with two attached hydrogens (primary N) is 1. The summed E-state index contributed by atoms with van der Waals surface area (Å²) in [6.45, 7) is 0. The van der Waals surface area contributed by atoms with Gasteiger partial charge in [-0.1, -0.05) is 6.07 Å². The van der Waals surface area contributed by atoms with Gasteiger partial charge in [-0.2, -0.15) is 5.10 Å². The van der Waals surface area contributed by atoms with E-state index >= 15 is 0 Å². The van der Waals surface area contributed by atoms with Gasteiger partial charge in [0.2, 0.25) is 5.91 Å². The zero-order valence-corrected chi connectivity index (χ0v) is 9.45. The number of carbonyl (C=O) groups excluding carboxylic acids is 1. The minimum atomic E-state index is -0.442. The van der Waals surface area contributed by atoms with E-state index in [9.17, 15) is 4.79 Å². The Bertz CT molecular complexity index is 718. The molecule has 1 aromatic carbocycles. The van der Waals surface area contributed by atoms with E-state index in [-0.39, 0.29) is 0 Å². The van der Waals surface area contributed by atoms with Gasteiger partial charge in [-0.15, -0.1) is 0 Å². The van der Waals surface area contributed by atoms with Gasteiger partial charge in [0.05, 0.1) is 11.7 Å². The Kier molecular flexibility index (Phi) is 2.30. The third kappa shape index (κ3) is 1.62. The number of nitrogens with zero attached hydrogens (tertiary/aromatic N) is 3. The Hall–Kier alpha value is -2.69. The lowest BCUT2D eigenvalue weighted by Gasteiger charge is -2.02. The Morgan fingerprint density at radius 3 is 2.83 bits per heavy atom. The van der Waals surface area contributed by atoms with Gasteiger partial charge in [-0.05, 0) is 30.3 Å². The summed E-state index contributed by atoms with van der Waals surface area (Å²) in [6.07, 6.45) is 3.40. The van der Waals surface area contributed by atoms with Crippen molar-refractivity contribution in [3.63, 3.8) is 0 Å². The first-order valence-electron chi connectivity index (χ1n) is 5.45. The molecule has 0 fully saturated rings. The fraction of sp³-hybridized carbons (Fsp3) is 0. The topological polar surface area (TPSA) is 73.8 Å². The minimum Gasteiger partial charge on any atom is -0.366 e. The molecule has 88 valence electrons. The van der Waals surface area contributed by atoms with Crippen molar-refractivity contribution in [2.45, 2.75) is 0 Å². The van der Waals surface area contributed by atoms with Gasteiger partial charge in [0.25, 0.3) is 0 Å². The number of pyridine rings is 1. The number of hydrogen-bond donors (Lipinski definition) is 1. The maximum Gasteiger partial charge on any atom is 0.248 e. The summed E-state index contributed by atoms with van der Waals surface area (Å²) < 4.78 is 1.72. The number of benzene rings is 1. The van der Waals surface area contributed by atoms with Gasteiger partial charge >= 0.3 is 0 Å². The lowest BCUT2D eigenvalue weighted by molar-refractivity contribution is 0.100. The van der Waals surface area contributed by atoms with Crippen LogP contribution in [-0.2, 0) is 0 Å². The second kappa shape index (κ2) is 3.96. The average Bonchev–Trinajstić information content (AvgIpc) is 2.82. The van der Waals surface area contributed by atoms with Crippen LogP contribution in [0.4, 0.5) is 0 Å².